The molecule has 6 heteroatoms. The van der Waals surface area contributed by atoms with Gasteiger partial charge in [-0.15, -0.1) is 0 Å². The Bertz CT molecular complexity index is 887. The maximum absolute atomic E-state index is 12.4. The molecule has 0 aromatic heterocycles. The normalized spacial score (nSPS) is 16.3. The van der Waals surface area contributed by atoms with Crippen molar-refractivity contribution in [3.63, 3.8) is 0 Å². The Hall–Kier alpha value is -3.15. The second kappa shape index (κ2) is 7.23. The highest BCUT2D eigenvalue weighted by Crippen LogP contribution is 2.30. The van der Waals surface area contributed by atoms with Gasteiger partial charge < -0.3 is 15.0 Å². The Morgan fingerprint density at radius 2 is 1.85 bits per heavy atom. The van der Waals surface area contributed by atoms with Gasteiger partial charge in [0.2, 0.25) is 11.8 Å². The molecule has 0 radical (unpaired) electrons. The van der Waals surface area contributed by atoms with E-state index >= 15 is 0 Å². The summed E-state index contributed by atoms with van der Waals surface area (Å²) in [5.41, 5.74) is 1.76. The lowest BCUT2D eigenvalue weighted by atomic mass is 10.2. The number of benzene rings is 2. The van der Waals surface area contributed by atoms with E-state index in [1.165, 1.54) is 0 Å². The van der Waals surface area contributed by atoms with Crippen LogP contribution in [-0.2, 0) is 9.59 Å². The first-order chi connectivity index (χ1) is 13.1. The molecule has 6 nitrogen and oxygen atoms in total. The molecule has 0 bridgehead atoms. The van der Waals surface area contributed by atoms with Crippen molar-refractivity contribution in [1.29, 1.82) is 0 Å². The average Bonchev–Trinajstić information content (AvgIpc) is 3.44. The Labute approximate surface area is 157 Å². The summed E-state index contributed by atoms with van der Waals surface area (Å²) in [7, 11) is 0. The average molecular weight is 364 g/mol. The van der Waals surface area contributed by atoms with Gasteiger partial charge in [-0.05, 0) is 61.7 Å². The minimum absolute atomic E-state index is 0.00688. The molecule has 2 amide bonds. The highest BCUT2D eigenvalue weighted by atomic mass is 16.5. The highest BCUT2D eigenvalue weighted by molar-refractivity contribution is 5.97. The summed E-state index contributed by atoms with van der Waals surface area (Å²) < 4.78 is 5.41. The van der Waals surface area contributed by atoms with E-state index < -0.39 is 5.97 Å². The van der Waals surface area contributed by atoms with Crippen molar-refractivity contribution < 1.29 is 19.1 Å². The van der Waals surface area contributed by atoms with E-state index in [9.17, 15) is 14.4 Å². The van der Waals surface area contributed by atoms with Crippen LogP contribution in [0.15, 0.2) is 48.5 Å². The molecule has 1 saturated heterocycles. The third-order valence-electron chi connectivity index (χ3n) is 4.75. The Morgan fingerprint density at radius 1 is 1.07 bits per heavy atom. The zero-order valence-electron chi connectivity index (χ0n) is 14.8. The number of hydrogen-bond acceptors (Lipinski definition) is 4. The first kappa shape index (κ1) is 17.3. The summed E-state index contributed by atoms with van der Waals surface area (Å²) in [6.45, 7) is 0.720. The second-order valence-corrected chi connectivity index (χ2v) is 6.88. The minimum atomic E-state index is -0.498. The van der Waals surface area contributed by atoms with Crippen LogP contribution in [0.2, 0.25) is 0 Å². The molecule has 1 aliphatic heterocycles. The van der Waals surface area contributed by atoms with E-state index in [2.05, 4.69) is 5.32 Å². The lowest BCUT2D eigenvalue weighted by molar-refractivity contribution is -0.118. The summed E-state index contributed by atoms with van der Waals surface area (Å²) in [6.07, 6.45) is 3.28. The number of ether oxygens (including phenoxy) is 1. The zero-order valence-corrected chi connectivity index (χ0v) is 14.8. The Morgan fingerprint density at radius 3 is 2.52 bits per heavy atom. The van der Waals surface area contributed by atoms with Crippen LogP contribution in [0.3, 0.4) is 0 Å². The minimum Gasteiger partial charge on any atom is -0.423 e. The van der Waals surface area contributed by atoms with Gasteiger partial charge in [0.15, 0.2) is 0 Å². The lowest BCUT2D eigenvalue weighted by Crippen LogP contribution is -2.23. The highest BCUT2D eigenvalue weighted by Gasteiger charge is 2.29. The number of nitrogens with one attached hydrogen (secondary N) is 1. The standard InChI is InChI=1S/C21H20N2O4/c24-19-5-2-12-23(19)17-8-10-18(11-9-17)27-21(26)15-3-1-4-16(13-15)22-20(25)14-6-7-14/h1,3-4,8-11,13-14H,2,5-7,12H2,(H,22,25). The number of anilines is 2. The van der Waals surface area contributed by atoms with Gasteiger partial charge in [-0.2, -0.15) is 0 Å². The van der Waals surface area contributed by atoms with Crippen LogP contribution in [0.5, 0.6) is 5.75 Å². The monoisotopic (exact) mass is 364 g/mol. The number of rotatable bonds is 5. The molecular weight excluding hydrogens is 344 g/mol. The van der Waals surface area contributed by atoms with Crippen LogP contribution in [0.1, 0.15) is 36.0 Å². The van der Waals surface area contributed by atoms with Crippen molar-refractivity contribution in [3.8, 4) is 5.75 Å². The third kappa shape index (κ3) is 4.00. The smallest absolute Gasteiger partial charge is 0.343 e. The van der Waals surface area contributed by atoms with Gasteiger partial charge in [0.1, 0.15) is 5.75 Å². The fourth-order valence-electron chi connectivity index (χ4n) is 3.09. The first-order valence-electron chi connectivity index (χ1n) is 9.14. The topological polar surface area (TPSA) is 75.7 Å². The number of hydrogen-bond donors (Lipinski definition) is 1. The van der Waals surface area contributed by atoms with Crippen molar-refractivity contribution >= 4 is 29.2 Å². The fraction of sp³-hybridized carbons (Fsp3) is 0.286. The van der Waals surface area contributed by atoms with E-state index in [0.29, 0.717) is 23.4 Å². The van der Waals surface area contributed by atoms with Gasteiger partial charge in [-0.1, -0.05) is 6.07 Å². The van der Waals surface area contributed by atoms with E-state index in [0.717, 1.165) is 31.5 Å². The molecule has 138 valence electrons. The van der Waals surface area contributed by atoms with Crippen LogP contribution in [-0.4, -0.2) is 24.3 Å². The van der Waals surface area contributed by atoms with Gasteiger partial charge in [-0.3, -0.25) is 9.59 Å². The maximum Gasteiger partial charge on any atom is 0.343 e. The Balaban J connectivity index is 1.41. The van der Waals surface area contributed by atoms with Crippen LogP contribution in [0.4, 0.5) is 11.4 Å². The summed E-state index contributed by atoms with van der Waals surface area (Å²) >= 11 is 0. The SMILES string of the molecule is O=C(Oc1ccc(N2CCCC2=O)cc1)c1cccc(NC(=O)C2CC2)c1. The van der Waals surface area contributed by atoms with Gasteiger partial charge in [0.05, 0.1) is 5.56 Å². The summed E-state index contributed by atoms with van der Waals surface area (Å²) in [6, 6.07) is 13.6. The molecule has 2 aliphatic rings. The van der Waals surface area contributed by atoms with Gasteiger partial charge >= 0.3 is 5.97 Å². The Kier molecular flexibility index (Phi) is 4.62. The van der Waals surface area contributed by atoms with Crippen LogP contribution in [0, 0.1) is 5.92 Å². The molecule has 0 unspecified atom stereocenters. The molecule has 2 fully saturated rings. The molecule has 0 spiro atoms. The van der Waals surface area contributed by atoms with E-state index in [1.54, 1.807) is 53.4 Å². The fourth-order valence-corrected chi connectivity index (χ4v) is 3.09. The third-order valence-corrected chi connectivity index (χ3v) is 4.75. The second-order valence-electron chi connectivity index (χ2n) is 6.88. The molecule has 2 aromatic rings. The number of amides is 2. The summed E-state index contributed by atoms with van der Waals surface area (Å²) in [5.74, 6) is 0.115. The van der Waals surface area contributed by atoms with Crippen molar-refractivity contribution in [1.82, 2.24) is 0 Å². The first-order valence-corrected chi connectivity index (χ1v) is 9.14. The van der Waals surface area contributed by atoms with E-state index in [4.69, 9.17) is 4.74 Å². The number of carbonyl (C=O) groups excluding carboxylic acids is 3. The van der Waals surface area contributed by atoms with Crippen LogP contribution >= 0.6 is 0 Å². The molecule has 4 rings (SSSR count). The predicted molar refractivity (Wildman–Crippen MR) is 101 cm³/mol. The van der Waals surface area contributed by atoms with E-state index in [-0.39, 0.29) is 17.7 Å². The van der Waals surface area contributed by atoms with Crippen molar-refractivity contribution in [2.24, 2.45) is 5.92 Å². The van der Waals surface area contributed by atoms with Crippen LogP contribution < -0.4 is 15.0 Å². The van der Waals surface area contributed by atoms with Crippen molar-refractivity contribution in [2.45, 2.75) is 25.7 Å². The molecule has 2 aromatic carbocycles. The molecule has 1 N–H and O–H groups in total. The summed E-state index contributed by atoms with van der Waals surface area (Å²) in [5, 5.41) is 2.82. The number of nitrogens with zero attached hydrogens (tertiary/aromatic N) is 1. The predicted octanol–water partition coefficient (Wildman–Crippen LogP) is 3.38. The largest absolute Gasteiger partial charge is 0.423 e. The number of carbonyl (C=O) groups is 3. The van der Waals surface area contributed by atoms with E-state index in [1.807, 2.05) is 0 Å². The molecule has 1 saturated carbocycles. The quantitative estimate of drug-likeness (QED) is 0.652. The van der Waals surface area contributed by atoms with Gasteiger partial charge in [0.25, 0.3) is 0 Å². The molecule has 1 heterocycles. The van der Waals surface area contributed by atoms with Crippen molar-refractivity contribution in [3.05, 3.63) is 54.1 Å². The molecular formula is C21H20N2O4. The molecule has 27 heavy (non-hydrogen) atoms. The van der Waals surface area contributed by atoms with Crippen molar-refractivity contribution in [2.75, 3.05) is 16.8 Å². The van der Waals surface area contributed by atoms with Gasteiger partial charge in [0, 0.05) is 30.3 Å². The zero-order chi connectivity index (χ0) is 18.8. The van der Waals surface area contributed by atoms with Crippen LogP contribution in [0.25, 0.3) is 0 Å². The maximum atomic E-state index is 12.4. The number of esters is 1. The lowest BCUT2D eigenvalue weighted by Gasteiger charge is -2.15. The molecule has 0 atom stereocenters. The summed E-state index contributed by atoms with van der Waals surface area (Å²) in [4.78, 5) is 37.8. The van der Waals surface area contributed by atoms with Gasteiger partial charge in [-0.25, -0.2) is 4.79 Å². The molecule has 1 aliphatic carbocycles.